The van der Waals surface area contributed by atoms with Crippen LogP contribution in [0, 0.1) is 0 Å². The van der Waals surface area contributed by atoms with E-state index in [-0.39, 0.29) is 18.9 Å². The van der Waals surface area contributed by atoms with Gasteiger partial charge >= 0.3 is 0 Å². The molecule has 1 amide bonds. The number of ether oxygens (including phenoxy) is 6. The summed E-state index contributed by atoms with van der Waals surface area (Å²) in [6.07, 6.45) is -2.28. The lowest BCUT2D eigenvalue weighted by Crippen LogP contribution is -2.66. The smallest absolute Gasteiger partial charge is 0.220 e. The number of aliphatic hydroxyl groups is 11. The second kappa shape index (κ2) is 30.3. The predicted octanol–water partition coefficient (Wildman–Crippen LogP) is -0.533. The number of unbranched alkanes of at least 4 members (excludes halogenated alkanes) is 7. The van der Waals surface area contributed by atoms with Crippen molar-refractivity contribution in [3.05, 3.63) is 36.5 Å². The van der Waals surface area contributed by atoms with E-state index < -0.39 is 124 Å². The number of hydrogen-bond donors (Lipinski definition) is 12. The van der Waals surface area contributed by atoms with Crippen molar-refractivity contribution in [2.45, 2.75) is 208 Å². The Labute approximate surface area is 370 Å². The van der Waals surface area contributed by atoms with Crippen molar-refractivity contribution in [1.82, 2.24) is 5.32 Å². The summed E-state index contributed by atoms with van der Waals surface area (Å²) in [6.45, 7) is 1.47. The zero-order valence-electron chi connectivity index (χ0n) is 36.8. The molecule has 3 saturated heterocycles. The van der Waals surface area contributed by atoms with Crippen LogP contribution in [0.5, 0.6) is 0 Å². The molecule has 0 saturated carbocycles. The number of aliphatic hydroxyl groups excluding tert-OH is 11. The second-order valence-corrected chi connectivity index (χ2v) is 16.5. The van der Waals surface area contributed by atoms with Gasteiger partial charge in [0.1, 0.15) is 73.2 Å². The molecule has 3 aliphatic heterocycles. The summed E-state index contributed by atoms with van der Waals surface area (Å²) >= 11 is 0. The molecule has 3 heterocycles. The summed E-state index contributed by atoms with van der Waals surface area (Å²) in [4.78, 5) is 13.1. The van der Waals surface area contributed by atoms with Crippen molar-refractivity contribution in [2.75, 3.05) is 26.4 Å². The summed E-state index contributed by atoms with van der Waals surface area (Å²) in [6, 6.07) is -0.896. The van der Waals surface area contributed by atoms with Gasteiger partial charge in [-0.05, 0) is 44.9 Å². The molecule has 0 aliphatic carbocycles. The maximum Gasteiger partial charge on any atom is 0.220 e. The standard InChI is InChI=1S/C44H77NO18/c1-3-5-7-9-10-11-12-13-14-15-16-18-20-22-32(50)45-27(28(49)21-19-17-8-6-4-2)26-58-42-38(56)35(53)40(30(24-47)60-42)63-44-39(57)36(54)41(31(25-48)61-44)62-43-37(55)34(52)33(51)29(23-46)59-43/h5,7,10-11,13-14,27-31,33-44,46-49,51-57H,3-4,6,8-9,12,15-26H2,1-2H3,(H,45,50)/b7-5-,11-10-,14-13-. The Balaban J connectivity index is 1.56. The number of carbonyl (C=O) groups excluding carboxylic acids is 1. The predicted molar refractivity (Wildman–Crippen MR) is 226 cm³/mol. The number of nitrogens with one attached hydrogen (secondary N) is 1. The van der Waals surface area contributed by atoms with Crippen molar-refractivity contribution in [1.29, 1.82) is 0 Å². The average Bonchev–Trinajstić information content (AvgIpc) is 3.28. The molecule has 3 rings (SSSR count). The molecule has 17 unspecified atom stereocenters. The van der Waals surface area contributed by atoms with Gasteiger partial charge in [0.2, 0.25) is 5.91 Å². The molecule has 0 spiro atoms. The Kier molecular flexibility index (Phi) is 26.6. The third-order valence-corrected chi connectivity index (χ3v) is 11.5. The van der Waals surface area contributed by atoms with Crippen LogP contribution >= 0.6 is 0 Å². The average molecular weight is 908 g/mol. The van der Waals surface area contributed by atoms with Gasteiger partial charge in [0.05, 0.1) is 38.6 Å². The lowest BCUT2D eigenvalue weighted by atomic mass is 9.96. The highest BCUT2D eigenvalue weighted by atomic mass is 16.8. The molecule has 0 aromatic rings. The zero-order valence-corrected chi connectivity index (χ0v) is 36.8. The largest absolute Gasteiger partial charge is 0.394 e. The fourth-order valence-corrected chi connectivity index (χ4v) is 7.62. The Morgan fingerprint density at radius 2 is 1.10 bits per heavy atom. The minimum Gasteiger partial charge on any atom is -0.394 e. The first kappa shape index (κ1) is 55.3. The topological polar surface area (TPSA) is 307 Å². The van der Waals surface area contributed by atoms with Crippen molar-refractivity contribution >= 4 is 5.91 Å². The van der Waals surface area contributed by atoms with Crippen molar-refractivity contribution in [2.24, 2.45) is 0 Å². The normalized spacial score (nSPS) is 35.2. The zero-order chi connectivity index (χ0) is 46.3. The number of rotatable bonds is 29. The summed E-state index contributed by atoms with van der Waals surface area (Å²) in [5.74, 6) is -0.284. The fraction of sp³-hybridized carbons (Fsp3) is 0.841. The van der Waals surface area contributed by atoms with Crippen LogP contribution in [-0.2, 0) is 33.2 Å². The van der Waals surface area contributed by atoms with E-state index in [1.54, 1.807) is 0 Å². The number of amides is 1. The van der Waals surface area contributed by atoms with Crippen LogP contribution in [0.3, 0.4) is 0 Å². The minimum atomic E-state index is -1.97. The minimum absolute atomic E-state index is 0.228. The van der Waals surface area contributed by atoms with E-state index in [0.717, 1.165) is 64.2 Å². The summed E-state index contributed by atoms with van der Waals surface area (Å²) in [7, 11) is 0. The van der Waals surface area contributed by atoms with Crippen LogP contribution in [-0.4, -0.2) is 193 Å². The van der Waals surface area contributed by atoms with Gasteiger partial charge in [0.25, 0.3) is 0 Å². The van der Waals surface area contributed by atoms with Gasteiger partial charge in [0, 0.05) is 6.42 Å². The van der Waals surface area contributed by atoms with Gasteiger partial charge in [-0.15, -0.1) is 0 Å². The van der Waals surface area contributed by atoms with E-state index in [9.17, 15) is 61.0 Å². The van der Waals surface area contributed by atoms with Gasteiger partial charge in [-0.1, -0.05) is 88.8 Å². The van der Waals surface area contributed by atoms with Gasteiger partial charge in [-0.25, -0.2) is 0 Å². The monoisotopic (exact) mass is 908 g/mol. The molecule has 17 atom stereocenters. The number of hydrogen-bond acceptors (Lipinski definition) is 18. The summed E-state index contributed by atoms with van der Waals surface area (Å²) < 4.78 is 33.9. The Bertz CT molecular complexity index is 1320. The Morgan fingerprint density at radius 3 is 1.68 bits per heavy atom. The van der Waals surface area contributed by atoms with E-state index in [2.05, 4.69) is 55.6 Å². The highest BCUT2D eigenvalue weighted by Gasteiger charge is 2.53. The lowest BCUT2D eigenvalue weighted by molar-refractivity contribution is -0.379. The molecule has 63 heavy (non-hydrogen) atoms. The van der Waals surface area contributed by atoms with Gasteiger partial charge in [0.15, 0.2) is 18.9 Å². The van der Waals surface area contributed by atoms with Crippen molar-refractivity contribution in [3.63, 3.8) is 0 Å². The van der Waals surface area contributed by atoms with Crippen LogP contribution in [0.4, 0.5) is 0 Å². The van der Waals surface area contributed by atoms with Gasteiger partial charge in [-0.2, -0.15) is 0 Å². The molecule has 366 valence electrons. The van der Waals surface area contributed by atoms with E-state index >= 15 is 0 Å². The molecule has 12 N–H and O–H groups in total. The Hall–Kier alpha value is -1.99. The van der Waals surface area contributed by atoms with Gasteiger partial charge < -0.3 is 89.9 Å². The van der Waals surface area contributed by atoms with Crippen LogP contribution in [0.1, 0.15) is 104 Å². The highest BCUT2D eigenvalue weighted by Crippen LogP contribution is 2.33. The Morgan fingerprint density at radius 1 is 0.587 bits per heavy atom. The molecular weight excluding hydrogens is 830 g/mol. The second-order valence-electron chi connectivity index (χ2n) is 16.5. The van der Waals surface area contributed by atoms with Crippen LogP contribution in [0.2, 0.25) is 0 Å². The fourth-order valence-electron chi connectivity index (χ4n) is 7.62. The van der Waals surface area contributed by atoms with Gasteiger partial charge in [-0.3, -0.25) is 4.79 Å². The molecule has 0 radical (unpaired) electrons. The highest BCUT2D eigenvalue weighted by molar-refractivity contribution is 5.76. The van der Waals surface area contributed by atoms with Crippen LogP contribution in [0.15, 0.2) is 36.5 Å². The first-order valence-electron chi connectivity index (χ1n) is 22.7. The van der Waals surface area contributed by atoms with E-state index in [4.69, 9.17) is 28.4 Å². The summed E-state index contributed by atoms with van der Waals surface area (Å²) in [5.41, 5.74) is 0. The maximum atomic E-state index is 13.1. The first-order valence-corrected chi connectivity index (χ1v) is 22.7. The van der Waals surface area contributed by atoms with Crippen LogP contribution < -0.4 is 5.32 Å². The molecule has 19 nitrogen and oxygen atoms in total. The molecule has 0 bridgehead atoms. The van der Waals surface area contributed by atoms with E-state index in [1.807, 2.05) is 0 Å². The maximum absolute atomic E-state index is 13.1. The van der Waals surface area contributed by atoms with Crippen LogP contribution in [0.25, 0.3) is 0 Å². The lowest BCUT2D eigenvalue weighted by Gasteiger charge is -2.48. The van der Waals surface area contributed by atoms with E-state index in [0.29, 0.717) is 19.3 Å². The summed E-state index contributed by atoms with van der Waals surface area (Å²) in [5, 5.41) is 119. The first-order chi connectivity index (χ1) is 30.3. The SMILES string of the molecule is CC/C=C\C/C=C\C/C=C\CCCCCC(=O)NC(COC1OC(CO)C(OC2OC(CO)C(OC3OC(CO)C(O)C(O)C3O)C(O)C2O)C(O)C1O)C(O)CCCCCCC. The third-order valence-electron chi connectivity index (χ3n) is 11.5. The van der Waals surface area contributed by atoms with Crippen molar-refractivity contribution in [3.8, 4) is 0 Å². The molecule has 0 aromatic heterocycles. The third kappa shape index (κ3) is 17.6. The molecule has 19 heteroatoms. The van der Waals surface area contributed by atoms with Crippen molar-refractivity contribution < 1.29 is 89.4 Å². The quantitative estimate of drug-likeness (QED) is 0.0332. The molecular formula is C44H77NO18. The van der Waals surface area contributed by atoms with E-state index in [1.165, 1.54) is 0 Å². The molecule has 3 aliphatic rings. The molecule has 3 fully saturated rings. The molecule has 0 aromatic carbocycles. The number of carbonyl (C=O) groups is 1. The number of allylic oxidation sites excluding steroid dienone is 6.